The Labute approximate surface area is 279 Å². The van der Waals surface area contributed by atoms with Crippen LogP contribution in [-0.4, -0.2) is 59.0 Å². The average molecular weight is 685 g/mol. The molecule has 9 nitrogen and oxygen atoms in total. The summed E-state index contributed by atoms with van der Waals surface area (Å²) in [6, 6.07) is 24.2. The highest BCUT2D eigenvalue weighted by Crippen LogP contribution is 2.33. The number of carbonyl (C=O) groups is 2. The van der Waals surface area contributed by atoms with Gasteiger partial charge in [-0.25, -0.2) is 8.42 Å². The monoisotopic (exact) mass is 683 g/mol. The quantitative estimate of drug-likeness (QED) is 0.188. The number of amides is 2. The smallest absolute Gasteiger partial charge is 0.264 e. The third-order valence-electron chi connectivity index (χ3n) is 7.40. The van der Waals surface area contributed by atoms with Crippen molar-refractivity contribution in [2.24, 2.45) is 0 Å². The van der Waals surface area contributed by atoms with Crippen molar-refractivity contribution in [2.75, 3.05) is 32.1 Å². The molecule has 0 spiro atoms. The lowest BCUT2D eigenvalue weighted by molar-refractivity contribution is -0.139. The van der Waals surface area contributed by atoms with Crippen LogP contribution in [0.5, 0.6) is 11.5 Å². The molecule has 0 saturated heterocycles. The first-order valence-corrected chi connectivity index (χ1v) is 16.5. The van der Waals surface area contributed by atoms with Gasteiger partial charge in [-0.2, -0.15) is 0 Å². The number of likely N-dealkylation sites (N-methyl/N-ethyl adjacent to an activating group) is 1. The Morgan fingerprint density at radius 1 is 0.826 bits per heavy atom. The van der Waals surface area contributed by atoms with Crippen LogP contribution in [0.1, 0.15) is 16.7 Å². The molecular formula is C34H35Cl2N3O6S. The molecule has 4 aromatic carbocycles. The minimum atomic E-state index is -4.34. The fourth-order valence-corrected chi connectivity index (χ4v) is 6.65. The standard InChI is InChI=1S/C34H35Cl2N3O6S/c1-23-10-13-26(14-11-23)39(46(42,43)27-15-17-31(44-3)32(20-27)45-4)22-33(40)38(21-25-12-16-28(35)29(36)18-25)30(34(41)37-2)19-24-8-6-5-7-9-24/h5-18,20,30H,19,21-22H2,1-4H3,(H,37,41). The van der Waals surface area contributed by atoms with Crippen LogP contribution in [0.3, 0.4) is 0 Å². The molecule has 0 aromatic heterocycles. The highest BCUT2D eigenvalue weighted by molar-refractivity contribution is 7.92. The van der Waals surface area contributed by atoms with Crippen molar-refractivity contribution in [1.82, 2.24) is 10.2 Å². The number of hydrogen-bond donors (Lipinski definition) is 1. The molecule has 0 fully saturated rings. The number of ether oxygens (including phenoxy) is 2. The normalized spacial score (nSPS) is 11.8. The van der Waals surface area contributed by atoms with Crippen LogP contribution >= 0.6 is 23.2 Å². The van der Waals surface area contributed by atoms with E-state index in [1.807, 2.05) is 37.3 Å². The van der Waals surface area contributed by atoms with Gasteiger partial charge in [-0.1, -0.05) is 77.3 Å². The minimum absolute atomic E-state index is 0.0429. The molecule has 0 aliphatic heterocycles. The lowest BCUT2D eigenvalue weighted by Gasteiger charge is -2.33. The number of methoxy groups -OCH3 is 2. The second-order valence-electron chi connectivity index (χ2n) is 10.5. The molecule has 0 bridgehead atoms. The van der Waals surface area contributed by atoms with Crippen LogP contribution < -0.4 is 19.1 Å². The zero-order valence-electron chi connectivity index (χ0n) is 25.9. The molecule has 1 atom stereocenters. The third kappa shape index (κ3) is 8.12. The topological polar surface area (TPSA) is 105 Å². The maximum absolute atomic E-state index is 14.4. The molecule has 4 rings (SSSR count). The summed E-state index contributed by atoms with van der Waals surface area (Å²) in [6.45, 7) is 1.22. The summed E-state index contributed by atoms with van der Waals surface area (Å²) in [5, 5.41) is 3.28. The third-order valence-corrected chi connectivity index (χ3v) is 9.91. The number of aryl methyl sites for hydroxylation is 1. The molecule has 1 N–H and O–H groups in total. The highest BCUT2D eigenvalue weighted by Gasteiger charge is 2.34. The second-order valence-corrected chi connectivity index (χ2v) is 13.1. The minimum Gasteiger partial charge on any atom is -0.493 e. The maximum Gasteiger partial charge on any atom is 0.264 e. The Morgan fingerprint density at radius 3 is 2.11 bits per heavy atom. The summed E-state index contributed by atoms with van der Waals surface area (Å²) in [5.74, 6) is -0.466. The summed E-state index contributed by atoms with van der Waals surface area (Å²) in [5.41, 5.74) is 2.59. The number of nitrogens with one attached hydrogen (secondary N) is 1. The van der Waals surface area contributed by atoms with Gasteiger partial charge in [-0.3, -0.25) is 13.9 Å². The molecule has 2 amide bonds. The average Bonchev–Trinajstić information content (AvgIpc) is 3.06. The van der Waals surface area contributed by atoms with Gasteiger partial charge in [-0.15, -0.1) is 0 Å². The number of hydrogen-bond acceptors (Lipinski definition) is 6. The Kier molecular flexibility index (Phi) is 11.6. The van der Waals surface area contributed by atoms with Gasteiger partial charge in [0.2, 0.25) is 11.8 Å². The molecule has 242 valence electrons. The number of halogens is 2. The lowest BCUT2D eigenvalue weighted by Crippen LogP contribution is -2.53. The van der Waals surface area contributed by atoms with E-state index in [2.05, 4.69) is 5.32 Å². The van der Waals surface area contributed by atoms with Gasteiger partial charge in [0.05, 0.1) is 34.8 Å². The van der Waals surface area contributed by atoms with E-state index in [0.717, 1.165) is 15.4 Å². The van der Waals surface area contributed by atoms with Crippen molar-refractivity contribution in [1.29, 1.82) is 0 Å². The van der Waals surface area contributed by atoms with Crippen LogP contribution in [0.2, 0.25) is 10.0 Å². The van der Waals surface area contributed by atoms with Crippen LogP contribution in [0.15, 0.2) is 95.9 Å². The molecular weight excluding hydrogens is 649 g/mol. The van der Waals surface area contributed by atoms with Crippen LogP contribution in [-0.2, 0) is 32.6 Å². The summed E-state index contributed by atoms with van der Waals surface area (Å²) in [4.78, 5) is 29.1. The number of sulfonamides is 1. The predicted octanol–water partition coefficient (Wildman–Crippen LogP) is 5.90. The molecule has 12 heteroatoms. The fourth-order valence-electron chi connectivity index (χ4n) is 4.90. The number of anilines is 1. The number of nitrogens with zero attached hydrogens (tertiary/aromatic N) is 2. The lowest BCUT2D eigenvalue weighted by atomic mass is 10.0. The highest BCUT2D eigenvalue weighted by atomic mass is 35.5. The summed E-state index contributed by atoms with van der Waals surface area (Å²) >= 11 is 12.5. The second kappa shape index (κ2) is 15.4. The van der Waals surface area contributed by atoms with Crippen LogP contribution in [0.25, 0.3) is 0 Å². The Bertz CT molecular complexity index is 1790. The van der Waals surface area contributed by atoms with Crippen LogP contribution in [0, 0.1) is 6.92 Å². The number of rotatable bonds is 13. The zero-order valence-corrected chi connectivity index (χ0v) is 28.2. The Morgan fingerprint density at radius 2 is 1.50 bits per heavy atom. The van der Waals surface area contributed by atoms with E-state index in [1.165, 1.54) is 44.4 Å². The van der Waals surface area contributed by atoms with Crippen molar-refractivity contribution in [3.63, 3.8) is 0 Å². The van der Waals surface area contributed by atoms with E-state index in [1.54, 1.807) is 42.5 Å². The first-order chi connectivity index (χ1) is 22.0. The van der Waals surface area contributed by atoms with Crippen molar-refractivity contribution in [3.8, 4) is 11.5 Å². The SMILES string of the molecule is CNC(=O)C(Cc1ccccc1)N(Cc1ccc(Cl)c(Cl)c1)C(=O)CN(c1ccc(C)cc1)S(=O)(=O)c1ccc(OC)c(OC)c1. The Hall–Kier alpha value is -4.25. The van der Waals surface area contributed by atoms with E-state index in [9.17, 15) is 18.0 Å². The summed E-state index contributed by atoms with van der Waals surface area (Å²) < 4.78 is 40.2. The number of carbonyl (C=O) groups excluding carboxylic acids is 2. The zero-order chi connectivity index (χ0) is 33.4. The van der Waals surface area contributed by atoms with Crippen molar-refractivity contribution in [3.05, 3.63) is 118 Å². The van der Waals surface area contributed by atoms with Gasteiger partial charge in [0.1, 0.15) is 12.6 Å². The van der Waals surface area contributed by atoms with E-state index in [0.29, 0.717) is 16.3 Å². The van der Waals surface area contributed by atoms with Gasteiger partial charge in [-0.05, 0) is 54.4 Å². The van der Waals surface area contributed by atoms with Gasteiger partial charge < -0.3 is 19.7 Å². The van der Waals surface area contributed by atoms with Crippen molar-refractivity contribution in [2.45, 2.75) is 30.8 Å². The van der Waals surface area contributed by atoms with Crippen molar-refractivity contribution < 1.29 is 27.5 Å². The molecule has 0 aliphatic rings. The molecule has 0 radical (unpaired) electrons. The van der Waals surface area contributed by atoms with Gasteiger partial charge >= 0.3 is 0 Å². The number of benzene rings is 4. The van der Waals surface area contributed by atoms with Crippen molar-refractivity contribution >= 4 is 50.7 Å². The van der Waals surface area contributed by atoms with E-state index in [4.69, 9.17) is 32.7 Å². The molecule has 4 aromatic rings. The van der Waals surface area contributed by atoms with Gasteiger partial charge in [0.25, 0.3) is 10.0 Å². The molecule has 1 unspecified atom stereocenters. The first-order valence-electron chi connectivity index (χ1n) is 14.3. The first kappa shape index (κ1) is 34.6. The van der Waals surface area contributed by atoms with Crippen LogP contribution in [0.4, 0.5) is 5.69 Å². The summed E-state index contributed by atoms with van der Waals surface area (Å²) in [6.07, 6.45) is 0.181. The molecule has 0 heterocycles. The largest absolute Gasteiger partial charge is 0.493 e. The Balaban J connectivity index is 1.82. The fraction of sp³-hybridized carbons (Fsp3) is 0.235. The van der Waals surface area contributed by atoms with Gasteiger partial charge in [0.15, 0.2) is 11.5 Å². The predicted molar refractivity (Wildman–Crippen MR) is 180 cm³/mol. The summed E-state index contributed by atoms with van der Waals surface area (Å²) in [7, 11) is 0.00413. The van der Waals surface area contributed by atoms with E-state index in [-0.39, 0.29) is 34.3 Å². The molecule has 46 heavy (non-hydrogen) atoms. The molecule has 0 aliphatic carbocycles. The van der Waals surface area contributed by atoms with E-state index >= 15 is 0 Å². The maximum atomic E-state index is 14.4. The van der Waals surface area contributed by atoms with E-state index < -0.39 is 34.4 Å². The van der Waals surface area contributed by atoms with Gasteiger partial charge in [0, 0.05) is 26.1 Å². The molecule has 0 saturated carbocycles.